The lowest BCUT2D eigenvalue weighted by Crippen LogP contribution is -2.40. The van der Waals surface area contributed by atoms with Gasteiger partial charge in [0.25, 0.3) is 5.91 Å². The Labute approximate surface area is 132 Å². The van der Waals surface area contributed by atoms with E-state index in [4.69, 9.17) is 5.11 Å². The molecule has 1 N–H and O–H groups in total. The molecular weight excluding hydrogens is 369 g/mol. The van der Waals surface area contributed by atoms with Crippen molar-refractivity contribution in [2.45, 2.75) is 25.7 Å². The van der Waals surface area contributed by atoms with Crippen molar-refractivity contribution in [3.63, 3.8) is 0 Å². The van der Waals surface area contributed by atoms with Crippen LogP contribution in [0.1, 0.15) is 36.0 Å². The zero-order chi connectivity index (χ0) is 14.5. The number of carbonyl (C=O) groups excluding carboxylic acids is 1. The first-order valence-electron chi connectivity index (χ1n) is 6.83. The minimum absolute atomic E-state index is 0.0569. The molecule has 0 aliphatic carbocycles. The first kappa shape index (κ1) is 15.3. The fourth-order valence-corrected chi connectivity index (χ4v) is 2.95. The molecule has 0 bridgehead atoms. The standard InChI is InChI=1S/C15H18INO3/c16-13-6-4-12(5-7-13)15(20)17-9-1-2-11(10-17)3-8-14(18)19/h4-7,11H,1-3,8-10H2,(H,18,19). The Morgan fingerprint density at radius 1 is 1.30 bits per heavy atom. The molecule has 108 valence electrons. The van der Waals surface area contributed by atoms with Crippen LogP contribution in [-0.2, 0) is 4.79 Å². The number of carboxylic acids is 1. The van der Waals surface area contributed by atoms with Gasteiger partial charge in [-0.05, 0) is 72.0 Å². The van der Waals surface area contributed by atoms with Crippen molar-refractivity contribution in [3.8, 4) is 0 Å². The van der Waals surface area contributed by atoms with Crippen LogP contribution in [0.4, 0.5) is 0 Å². The van der Waals surface area contributed by atoms with Crippen LogP contribution in [-0.4, -0.2) is 35.0 Å². The van der Waals surface area contributed by atoms with E-state index in [9.17, 15) is 9.59 Å². The third kappa shape index (κ3) is 4.19. The lowest BCUT2D eigenvalue weighted by Gasteiger charge is -2.32. The number of carbonyl (C=O) groups is 2. The van der Waals surface area contributed by atoms with Crippen molar-refractivity contribution in [2.24, 2.45) is 5.92 Å². The molecule has 1 atom stereocenters. The van der Waals surface area contributed by atoms with Crippen molar-refractivity contribution < 1.29 is 14.7 Å². The number of piperidine rings is 1. The third-order valence-corrected chi connectivity index (χ3v) is 4.38. The molecule has 1 aliphatic heterocycles. The van der Waals surface area contributed by atoms with E-state index in [2.05, 4.69) is 22.6 Å². The summed E-state index contributed by atoms with van der Waals surface area (Å²) in [5, 5.41) is 8.74. The molecule has 1 fully saturated rings. The summed E-state index contributed by atoms with van der Waals surface area (Å²) in [5.74, 6) is -0.389. The molecule has 1 saturated heterocycles. The molecule has 1 unspecified atom stereocenters. The molecule has 0 radical (unpaired) electrons. The van der Waals surface area contributed by atoms with E-state index in [1.807, 2.05) is 29.2 Å². The number of carboxylic acid groups (broad SMARTS) is 1. The molecule has 1 amide bonds. The van der Waals surface area contributed by atoms with Crippen molar-refractivity contribution in [2.75, 3.05) is 13.1 Å². The lowest BCUT2D eigenvalue weighted by molar-refractivity contribution is -0.137. The van der Waals surface area contributed by atoms with Gasteiger partial charge < -0.3 is 10.0 Å². The Morgan fingerprint density at radius 2 is 2.00 bits per heavy atom. The maximum Gasteiger partial charge on any atom is 0.303 e. The van der Waals surface area contributed by atoms with Gasteiger partial charge in [-0.3, -0.25) is 9.59 Å². The molecule has 5 heteroatoms. The van der Waals surface area contributed by atoms with Crippen molar-refractivity contribution in [3.05, 3.63) is 33.4 Å². The smallest absolute Gasteiger partial charge is 0.303 e. The molecule has 1 aromatic carbocycles. The van der Waals surface area contributed by atoms with Crippen molar-refractivity contribution in [1.82, 2.24) is 4.90 Å². The Morgan fingerprint density at radius 3 is 2.65 bits per heavy atom. The number of hydrogen-bond donors (Lipinski definition) is 1. The molecule has 2 rings (SSSR count). The van der Waals surface area contributed by atoms with Gasteiger partial charge in [0.15, 0.2) is 0 Å². The van der Waals surface area contributed by atoms with E-state index in [0.29, 0.717) is 24.4 Å². The second-order valence-corrected chi connectivity index (χ2v) is 6.44. The molecule has 0 spiro atoms. The van der Waals surface area contributed by atoms with Crippen LogP contribution >= 0.6 is 22.6 Å². The monoisotopic (exact) mass is 387 g/mol. The predicted octanol–water partition coefficient (Wildman–Crippen LogP) is 3.01. The summed E-state index contributed by atoms with van der Waals surface area (Å²) in [6.07, 6.45) is 2.83. The van der Waals surface area contributed by atoms with Crippen LogP contribution in [0.25, 0.3) is 0 Å². The highest BCUT2D eigenvalue weighted by molar-refractivity contribution is 14.1. The van der Waals surface area contributed by atoms with Gasteiger partial charge in [-0.15, -0.1) is 0 Å². The number of rotatable bonds is 4. The third-order valence-electron chi connectivity index (χ3n) is 3.66. The highest BCUT2D eigenvalue weighted by Gasteiger charge is 2.24. The first-order chi connectivity index (χ1) is 9.56. The molecule has 0 saturated carbocycles. The normalized spacial score (nSPS) is 18.9. The highest BCUT2D eigenvalue weighted by Crippen LogP contribution is 2.22. The highest BCUT2D eigenvalue weighted by atomic mass is 127. The number of hydrogen-bond acceptors (Lipinski definition) is 2. The molecule has 0 aromatic heterocycles. The second kappa shape index (κ2) is 7.06. The number of nitrogens with zero attached hydrogens (tertiary/aromatic N) is 1. The summed E-state index contributed by atoms with van der Waals surface area (Å²) in [6.45, 7) is 1.45. The topological polar surface area (TPSA) is 57.6 Å². The SMILES string of the molecule is O=C(O)CCC1CCCN(C(=O)c2ccc(I)cc2)C1. The molecule has 1 aliphatic rings. The Bertz CT molecular complexity index is 486. The Balaban J connectivity index is 1.96. The zero-order valence-corrected chi connectivity index (χ0v) is 13.4. The number of benzene rings is 1. The van der Waals surface area contributed by atoms with Gasteiger partial charge in [0, 0.05) is 28.6 Å². The summed E-state index contributed by atoms with van der Waals surface area (Å²) < 4.78 is 1.11. The maximum atomic E-state index is 12.4. The first-order valence-corrected chi connectivity index (χ1v) is 7.91. The van der Waals surface area contributed by atoms with E-state index in [1.54, 1.807) is 0 Å². The van der Waals surface area contributed by atoms with Crippen molar-refractivity contribution in [1.29, 1.82) is 0 Å². The Kier molecular flexibility index (Phi) is 5.39. The summed E-state index contributed by atoms with van der Waals surface area (Å²) in [7, 11) is 0. The van der Waals surface area contributed by atoms with Crippen LogP contribution in [0.2, 0.25) is 0 Å². The summed E-state index contributed by atoms with van der Waals surface area (Å²) in [4.78, 5) is 24.9. The minimum Gasteiger partial charge on any atom is -0.481 e. The number of likely N-dealkylation sites (tertiary alicyclic amines) is 1. The van der Waals surface area contributed by atoms with Crippen LogP contribution < -0.4 is 0 Å². The van der Waals surface area contributed by atoms with Crippen LogP contribution in [0.3, 0.4) is 0 Å². The molecule has 1 heterocycles. The molecule has 20 heavy (non-hydrogen) atoms. The summed E-state index contributed by atoms with van der Waals surface area (Å²) >= 11 is 2.21. The van der Waals surface area contributed by atoms with Crippen molar-refractivity contribution >= 4 is 34.5 Å². The van der Waals surface area contributed by atoms with Gasteiger partial charge in [0.1, 0.15) is 0 Å². The fourth-order valence-electron chi connectivity index (χ4n) is 2.59. The van der Waals surface area contributed by atoms with Gasteiger partial charge in [-0.1, -0.05) is 0 Å². The largest absolute Gasteiger partial charge is 0.481 e. The summed E-state index contributed by atoms with van der Waals surface area (Å²) in [5.41, 5.74) is 0.712. The molecule has 1 aromatic rings. The summed E-state index contributed by atoms with van der Waals surface area (Å²) in [6, 6.07) is 7.56. The minimum atomic E-state index is -0.758. The quantitative estimate of drug-likeness (QED) is 0.809. The second-order valence-electron chi connectivity index (χ2n) is 5.20. The van der Waals surface area contributed by atoms with Gasteiger partial charge in [-0.2, -0.15) is 0 Å². The predicted molar refractivity (Wildman–Crippen MR) is 84.7 cm³/mol. The van der Waals surface area contributed by atoms with Crippen LogP contribution in [0.15, 0.2) is 24.3 Å². The Hall–Kier alpha value is -1.11. The van der Waals surface area contributed by atoms with Gasteiger partial charge in [-0.25, -0.2) is 0 Å². The average Bonchev–Trinajstić information content (AvgIpc) is 2.45. The number of aliphatic carboxylic acids is 1. The van der Waals surface area contributed by atoms with E-state index in [1.165, 1.54) is 0 Å². The fraction of sp³-hybridized carbons (Fsp3) is 0.467. The van der Waals surface area contributed by atoms with Gasteiger partial charge in [0.05, 0.1) is 0 Å². The van der Waals surface area contributed by atoms with Gasteiger partial charge >= 0.3 is 5.97 Å². The number of amides is 1. The van der Waals surface area contributed by atoms with E-state index < -0.39 is 5.97 Å². The van der Waals surface area contributed by atoms with Crippen LogP contribution in [0, 0.1) is 9.49 Å². The zero-order valence-electron chi connectivity index (χ0n) is 11.2. The van der Waals surface area contributed by atoms with Gasteiger partial charge in [0.2, 0.25) is 0 Å². The van der Waals surface area contributed by atoms with Crippen LogP contribution in [0.5, 0.6) is 0 Å². The lowest BCUT2D eigenvalue weighted by atomic mass is 9.93. The van der Waals surface area contributed by atoms with E-state index in [0.717, 1.165) is 23.0 Å². The maximum absolute atomic E-state index is 12.4. The molecular formula is C15H18INO3. The van der Waals surface area contributed by atoms with E-state index in [-0.39, 0.29) is 12.3 Å². The average molecular weight is 387 g/mol. The van der Waals surface area contributed by atoms with E-state index >= 15 is 0 Å². The number of halogens is 1. The molecule has 4 nitrogen and oxygen atoms in total.